The number of pyridine rings is 2. The molecule has 1 atom stereocenters. The lowest BCUT2D eigenvalue weighted by molar-refractivity contribution is -0.384. The van der Waals surface area contributed by atoms with Gasteiger partial charge >= 0.3 is 5.69 Å². The lowest BCUT2D eigenvalue weighted by atomic mass is 9.59. The van der Waals surface area contributed by atoms with Crippen LogP contribution in [0.15, 0.2) is 78.1 Å². The van der Waals surface area contributed by atoms with E-state index < -0.39 is 42.9 Å². The number of carbonyl (C=O) groups is 1. The van der Waals surface area contributed by atoms with Gasteiger partial charge in [-0.1, -0.05) is 38.1 Å². The van der Waals surface area contributed by atoms with Crippen LogP contribution in [-0.4, -0.2) is 120 Å². The van der Waals surface area contributed by atoms with Gasteiger partial charge in [-0.05, 0) is 105 Å². The fraction of sp³-hybridized carbons (Fsp3) is 0.510. The number of nitro groups is 1. The zero-order valence-electron chi connectivity index (χ0n) is 40.3. The molecule has 2 saturated heterocycles. The molecule has 0 radical (unpaired) electrons. The Hall–Kier alpha value is -5.73. The number of carbonyl (C=O) groups excluding carboxylic acids is 1. The van der Waals surface area contributed by atoms with Crippen LogP contribution in [0.1, 0.15) is 106 Å². The van der Waals surface area contributed by atoms with Crippen molar-refractivity contribution in [3.63, 3.8) is 0 Å². The molecule has 5 heterocycles. The van der Waals surface area contributed by atoms with Crippen molar-refractivity contribution in [2.75, 3.05) is 69.7 Å². The van der Waals surface area contributed by atoms with Crippen LogP contribution in [-0.2, 0) is 14.8 Å². The minimum atomic E-state index is -4.70. The highest BCUT2D eigenvalue weighted by molar-refractivity contribution is 7.90. The summed E-state index contributed by atoms with van der Waals surface area (Å²) in [5, 5.41) is 25.6. The Morgan fingerprint density at radius 3 is 2.51 bits per heavy atom. The summed E-state index contributed by atoms with van der Waals surface area (Å²) in [4.78, 5) is 43.5. The van der Waals surface area contributed by atoms with Crippen molar-refractivity contribution in [2.45, 2.75) is 101 Å². The number of ether oxygens (including phenoxy) is 2. The molecule has 0 bridgehead atoms. The fourth-order valence-corrected chi connectivity index (χ4v) is 12.0. The zero-order valence-corrected chi connectivity index (χ0v) is 41.1. The number of halogens is 1. The maximum absolute atomic E-state index is 14.7. The van der Waals surface area contributed by atoms with Gasteiger partial charge in [0.15, 0.2) is 0 Å². The molecule has 9 rings (SSSR count). The molecule has 4 fully saturated rings. The molecule has 2 aromatic carbocycles. The number of hydrogen-bond acceptors (Lipinski definition) is 14. The lowest BCUT2D eigenvalue weighted by Gasteiger charge is -2.58. The monoisotopic (exact) mass is 981 g/mol. The second-order valence-corrected chi connectivity index (χ2v) is 22.1. The molecule has 1 amide bonds. The molecule has 17 nitrogen and oxygen atoms in total. The number of hydrogen-bond donors (Lipinski definition) is 4. The van der Waals surface area contributed by atoms with Gasteiger partial charge in [0.1, 0.15) is 27.9 Å². The van der Waals surface area contributed by atoms with Gasteiger partial charge in [0.25, 0.3) is 15.9 Å². The van der Waals surface area contributed by atoms with Crippen LogP contribution >= 0.6 is 0 Å². The first-order valence-electron chi connectivity index (χ1n) is 24.4. The molecule has 70 heavy (non-hydrogen) atoms. The van der Waals surface area contributed by atoms with Gasteiger partial charge in [-0.15, -0.1) is 0 Å². The first-order chi connectivity index (χ1) is 33.5. The Kier molecular flexibility index (Phi) is 14.2. The van der Waals surface area contributed by atoms with E-state index in [1.165, 1.54) is 35.7 Å². The predicted molar refractivity (Wildman–Crippen MR) is 264 cm³/mol. The van der Waals surface area contributed by atoms with Gasteiger partial charge < -0.3 is 29.8 Å². The van der Waals surface area contributed by atoms with Crippen LogP contribution in [0.3, 0.4) is 0 Å². The van der Waals surface area contributed by atoms with E-state index in [0.717, 1.165) is 95.7 Å². The fourth-order valence-electron chi connectivity index (χ4n) is 11.1. The van der Waals surface area contributed by atoms with E-state index in [2.05, 4.69) is 77.8 Å². The van der Waals surface area contributed by atoms with Crippen LogP contribution in [0.25, 0.3) is 11.0 Å². The molecule has 1 spiro atoms. The number of piperidine rings is 1. The molecule has 3 aromatic heterocycles. The summed E-state index contributed by atoms with van der Waals surface area (Å²) >= 11 is 0. The summed E-state index contributed by atoms with van der Waals surface area (Å²) < 4.78 is 56.0. The number of fused-ring (bicyclic) bond motifs is 1. The van der Waals surface area contributed by atoms with E-state index in [4.69, 9.17) is 9.47 Å². The first-order valence-corrected chi connectivity index (χ1v) is 25.9. The number of amides is 1. The van der Waals surface area contributed by atoms with Crippen molar-refractivity contribution >= 4 is 44.2 Å². The van der Waals surface area contributed by atoms with E-state index in [-0.39, 0.29) is 39.6 Å². The van der Waals surface area contributed by atoms with Gasteiger partial charge in [0.2, 0.25) is 5.82 Å². The average Bonchev–Trinajstić information content (AvgIpc) is 3.71. The van der Waals surface area contributed by atoms with Crippen LogP contribution in [0.4, 0.5) is 21.6 Å². The van der Waals surface area contributed by atoms with Crippen molar-refractivity contribution in [3.05, 3.63) is 106 Å². The minimum absolute atomic E-state index is 0.0107. The van der Waals surface area contributed by atoms with Gasteiger partial charge in [-0.2, -0.15) is 0 Å². The van der Waals surface area contributed by atoms with Gasteiger partial charge in [-0.25, -0.2) is 27.5 Å². The normalized spacial score (nSPS) is 22.3. The number of methoxy groups -OCH3 is 1. The Morgan fingerprint density at radius 2 is 1.79 bits per heavy atom. The summed E-state index contributed by atoms with van der Waals surface area (Å²) in [6, 6.07) is 16.9. The van der Waals surface area contributed by atoms with E-state index in [0.29, 0.717) is 49.6 Å². The summed E-state index contributed by atoms with van der Waals surface area (Å²) in [7, 11) is -2.94. The summed E-state index contributed by atoms with van der Waals surface area (Å²) in [5.41, 5.74) is 2.65. The predicted octanol–water partition coefficient (Wildman–Crippen LogP) is 8.15. The van der Waals surface area contributed by atoms with Crippen molar-refractivity contribution in [2.24, 2.45) is 11.3 Å². The number of aromatic nitrogens is 3. The number of aromatic amines is 1. The molecule has 4 aliphatic rings. The van der Waals surface area contributed by atoms with Crippen LogP contribution in [0, 0.1) is 27.3 Å². The number of benzene rings is 2. The quantitative estimate of drug-likeness (QED) is 0.0544. The van der Waals surface area contributed by atoms with Crippen LogP contribution in [0.2, 0.25) is 0 Å². The second kappa shape index (κ2) is 20.2. The van der Waals surface area contributed by atoms with E-state index >= 15 is 0 Å². The standard InChI is InChI=1S/C51H64FN9O8S/c1-33(2)39-7-5-6-8-40(39)45-32-58(21-22-68-4)19-20-60(45)36-26-51(27-36)15-17-59(18-16-51)35-9-10-41(46(23-35)69-37-24-42-43(52)31-56-47(42)54-29-37)49(62)57-70(66,67)38-25-44(61(64)65)48(55-30-38)53-28-34-11-13-50(3,63)14-12-34/h5-10,23-25,29-31,33-34,36,45,63H,11-22,26-28,32H2,1-4H3,(H,53,55)(H,54,56)(H,57,62)/t34?,45-,50?/m0/s1. The van der Waals surface area contributed by atoms with Crippen molar-refractivity contribution in [1.29, 1.82) is 0 Å². The number of anilines is 2. The number of H-pyrrole nitrogens is 1. The molecule has 5 aromatic rings. The number of rotatable bonds is 16. The summed E-state index contributed by atoms with van der Waals surface area (Å²) in [6.07, 6.45) is 10.4. The zero-order chi connectivity index (χ0) is 49.4. The maximum Gasteiger partial charge on any atom is 0.312 e. The highest BCUT2D eigenvalue weighted by Crippen LogP contribution is 2.53. The molecule has 4 N–H and O–H groups in total. The second-order valence-electron chi connectivity index (χ2n) is 20.4. The lowest BCUT2D eigenvalue weighted by Crippen LogP contribution is -2.60. The first kappa shape index (κ1) is 49.3. The topological polar surface area (TPSA) is 208 Å². The molecule has 0 unspecified atom stereocenters. The number of sulfonamides is 1. The third-order valence-corrected chi connectivity index (χ3v) is 16.6. The molecular weight excluding hydrogens is 918 g/mol. The van der Waals surface area contributed by atoms with Gasteiger partial charge in [0, 0.05) is 89.0 Å². The Bertz CT molecular complexity index is 2820. The molecule has 374 valence electrons. The number of nitrogens with zero attached hydrogens (tertiary/aromatic N) is 6. The smallest absolute Gasteiger partial charge is 0.312 e. The highest BCUT2D eigenvalue weighted by atomic mass is 32.2. The Morgan fingerprint density at radius 1 is 1.03 bits per heavy atom. The van der Waals surface area contributed by atoms with Crippen molar-refractivity contribution in [3.8, 4) is 11.5 Å². The van der Waals surface area contributed by atoms with Crippen LogP contribution in [0.5, 0.6) is 11.5 Å². The maximum atomic E-state index is 14.7. The SMILES string of the molecule is COCCN1CCN(C2CC3(CCN(c4ccc(C(=O)NS(=O)(=O)c5cnc(NCC6CCC(C)(O)CC6)c([N+](=O)[O-])c5)c(Oc5cnc6[nH]cc(F)c6c5)c4)CC3)C2)[C@H](c2ccccc2C(C)C)C1. The molecular formula is C51H64FN9O8S. The van der Waals surface area contributed by atoms with E-state index in [1.807, 2.05) is 0 Å². The van der Waals surface area contributed by atoms with Crippen molar-refractivity contribution in [1.82, 2.24) is 29.5 Å². The summed E-state index contributed by atoms with van der Waals surface area (Å²) in [6.45, 7) is 12.8. The van der Waals surface area contributed by atoms with Gasteiger partial charge in [-0.3, -0.25) is 24.7 Å². The van der Waals surface area contributed by atoms with Gasteiger partial charge in [0.05, 0.1) is 40.5 Å². The third kappa shape index (κ3) is 10.6. The number of piperazine rings is 1. The van der Waals surface area contributed by atoms with Crippen molar-refractivity contribution < 1.29 is 37.1 Å². The Labute approximate surface area is 408 Å². The number of aliphatic hydroxyl groups is 1. The average molecular weight is 982 g/mol. The molecule has 2 aliphatic heterocycles. The number of nitrogens with one attached hydrogen (secondary N) is 3. The summed E-state index contributed by atoms with van der Waals surface area (Å²) in [5.74, 6) is -1.00. The van der Waals surface area contributed by atoms with Crippen LogP contribution < -0.4 is 19.7 Å². The Balaban J connectivity index is 0.904. The third-order valence-electron chi connectivity index (χ3n) is 15.3. The highest BCUT2D eigenvalue weighted by Gasteiger charge is 2.50. The van der Waals surface area contributed by atoms with E-state index in [1.54, 1.807) is 26.2 Å². The largest absolute Gasteiger partial charge is 0.455 e. The molecule has 2 aliphatic carbocycles. The molecule has 19 heteroatoms. The minimum Gasteiger partial charge on any atom is -0.455 e. The van der Waals surface area contributed by atoms with E-state index in [9.17, 15) is 32.8 Å². The molecule has 2 saturated carbocycles.